The van der Waals surface area contributed by atoms with Crippen molar-refractivity contribution in [3.8, 4) is 5.75 Å². The predicted octanol–water partition coefficient (Wildman–Crippen LogP) is 3.23. The van der Waals surface area contributed by atoms with Gasteiger partial charge in [-0.3, -0.25) is 9.52 Å². The molecule has 0 aromatic heterocycles. The van der Waals surface area contributed by atoms with E-state index in [2.05, 4.69) is 10.0 Å². The molecule has 2 N–H and O–H groups in total. The molecule has 0 aliphatic carbocycles. The number of anilines is 2. The van der Waals surface area contributed by atoms with Crippen LogP contribution in [0.4, 0.5) is 24.5 Å². The maximum absolute atomic E-state index is 13.1. The average molecular weight is 386 g/mol. The molecule has 0 saturated heterocycles. The van der Waals surface area contributed by atoms with Gasteiger partial charge < -0.3 is 10.1 Å². The van der Waals surface area contributed by atoms with Crippen LogP contribution in [0.1, 0.15) is 12.5 Å². The van der Waals surface area contributed by atoms with Crippen LogP contribution in [-0.2, 0) is 21.0 Å². The van der Waals surface area contributed by atoms with E-state index in [9.17, 15) is 26.4 Å². The number of rotatable bonds is 3. The van der Waals surface area contributed by atoms with Crippen molar-refractivity contribution in [2.75, 3.05) is 10.0 Å². The normalized spacial score (nSPS) is 17.1. The summed E-state index contributed by atoms with van der Waals surface area (Å²) < 4.78 is 71.5. The SMILES string of the molecule is CC1Oc2ccc(NS(=O)(=O)c3ccccc3C(F)(F)F)cc2NC1=O. The summed E-state index contributed by atoms with van der Waals surface area (Å²) in [4.78, 5) is 10.7. The smallest absolute Gasteiger partial charge is 0.417 e. The molecule has 0 spiro atoms. The largest absolute Gasteiger partial charge is 0.479 e. The van der Waals surface area contributed by atoms with Gasteiger partial charge >= 0.3 is 6.18 Å². The van der Waals surface area contributed by atoms with Crippen molar-refractivity contribution in [1.29, 1.82) is 0 Å². The Morgan fingerprint density at radius 2 is 1.85 bits per heavy atom. The molecule has 26 heavy (non-hydrogen) atoms. The lowest BCUT2D eigenvalue weighted by Crippen LogP contribution is -2.34. The quantitative estimate of drug-likeness (QED) is 0.848. The second kappa shape index (κ2) is 6.20. The van der Waals surface area contributed by atoms with Crippen molar-refractivity contribution in [2.24, 2.45) is 0 Å². The Hall–Kier alpha value is -2.75. The van der Waals surface area contributed by atoms with Gasteiger partial charge in [-0.15, -0.1) is 0 Å². The molecule has 0 bridgehead atoms. The molecule has 138 valence electrons. The third-order valence-corrected chi connectivity index (χ3v) is 5.08. The van der Waals surface area contributed by atoms with E-state index < -0.39 is 38.7 Å². The summed E-state index contributed by atoms with van der Waals surface area (Å²) in [5.74, 6) is -0.0873. The molecule has 1 aliphatic heterocycles. The fourth-order valence-electron chi connectivity index (χ4n) is 2.42. The first-order valence-corrected chi connectivity index (χ1v) is 8.87. The van der Waals surface area contributed by atoms with E-state index in [1.807, 2.05) is 0 Å². The zero-order valence-corrected chi connectivity index (χ0v) is 14.1. The van der Waals surface area contributed by atoms with Gasteiger partial charge in [-0.25, -0.2) is 8.42 Å². The molecule has 3 rings (SSSR count). The van der Waals surface area contributed by atoms with Crippen molar-refractivity contribution < 1.29 is 31.1 Å². The van der Waals surface area contributed by atoms with Crippen LogP contribution in [0.15, 0.2) is 47.4 Å². The lowest BCUT2D eigenvalue weighted by atomic mass is 10.2. The highest BCUT2D eigenvalue weighted by molar-refractivity contribution is 7.92. The number of hydrogen-bond donors (Lipinski definition) is 2. The molecule has 1 unspecified atom stereocenters. The van der Waals surface area contributed by atoms with E-state index in [4.69, 9.17) is 4.74 Å². The fraction of sp³-hybridized carbons (Fsp3) is 0.188. The van der Waals surface area contributed by atoms with Gasteiger partial charge in [0.25, 0.3) is 15.9 Å². The summed E-state index contributed by atoms with van der Waals surface area (Å²) in [5.41, 5.74) is -1.06. The number of sulfonamides is 1. The number of ether oxygens (including phenoxy) is 1. The van der Waals surface area contributed by atoms with E-state index in [0.717, 1.165) is 12.1 Å². The maximum atomic E-state index is 13.1. The highest BCUT2D eigenvalue weighted by atomic mass is 32.2. The minimum absolute atomic E-state index is 0.0146. The van der Waals surface area contributed by atoms with Gasteiger partial charge in [0.15, 0.2) is 6.10 Å². The summed E-state index contributed by atoms with van der Waals surface area (Å²) in [5, 5.41) is 2.53. The van der Waals surface area contributed by atoms with Crippen LogP contribution >= 0.6 is 0 Å². The van der Waals surface area contributed by atoms with E-state index in [-0.39, 0.29) is 11.4 Å². The zero-order valence-electron chi connectivity index (χ0n) is 13.3. The number of carbonyl (C=O) groups is 1. The second-order valence-corrected chi connectivity index (χ2v) is 7.21. The molecule has 1 atom stereocenters. The summed E-state index contributed by atoms with van der Waals surface area (Å²) in [6.07, 6.45) is -5.53. The fourth-order valence-corrected chi connectivity index (χ4v) is 3.70. The Kier molecular flexibility index (Phi) is 4.31. The van der Waals surface area contributed by atoms with Gasteiger partial charge in [-0.1, -0.05) is 12.1 Å². The van der Waals surface area contributed by atoms with Crippen molar-refractivity contribution in [2.45, 2.75) is 24.1 Å². The Morgan fingerprint density at radius 1 is 1.15 bits per heavy atom. The van der Waals surface area contributed by atoms with Crippen LogP contribution < -0.4 is 14.8 Å². The summed E-state index contributed by atoms with van der Waals surface area (Å²) in [7, 11) is -4.50. The number of nitrogens with one attached hydrogen (secondary N) is 2. The van der Waals surface area contributed by atoms with Gasteiger partial charge in [0.2, 0.25) is 0 Å². The number of benzene rings is 2. The molecule has 1 heterocycles. The van der Waals surface area contributed by atoms with Crippen molar-refractivity contribution in [3.05, 3.63) is 48.0 Å². The zero-order chi connectivity index (χ0) is 19.1. The molecule has 6 nitrogen and oxygen atoms in total. The number of hydrogen-bond acceptors (Lipinski definition) is 4. The third-order valence-electron chi connectivity index (χ3n) is 3.64. The Bertz CT molecular complexity index is 974. The number of halogens is 3. The summed E-state index contributed by atoms with van der Waals surface area (Å²) in [6.45, 7) is 1.54. The van der Waals surface area contributed by atoms with Crippen molar-refractivity contribution in [1.82, 2.24) is 0 Å². The summed E-state index contributed by atoms with van der Waals surface area (Å²) in [6, 6.07) is 7.89. The monoisotopic (exact) mass is 386 g/mol. The first kappa shape index (κ1) is 18.1. The Balaban J connectivity index is 1.95. The molecular formula is C16H13F3N2O4S. The summed E-state index contributed by atoms with van der Waals surface area (Å²) >= 11 is 0. The molecule has 2 aromatic carbocycles. The number of alkyl halides is 3. The molecule has 2 aromatic rings. The van der Waals surface area contributed by atoms with Crippen molar-refractivity contribution in [3.63, 3.8) is 0 Å². The topological polar surface area (TPSA) is 84.5 Å². The van der Waals surface area contributed by atoms with Crippen LogP contribution in [0, 0.1) is 0 Å². The van der Waals surface area contributed by atoms with Crippen LogP contribution in [0.25, 0.3) is 0 Å². The van der Waals surface area contributed by atoms with E-state index >= 15 is 0 Å². The Morgan fingerprint density at radius 3 is 2.54 bits per heavy atom. The van der Waals surface area contributed by atoms with Crippen LogP contribution in [0.5, 0.6) is 5.75 Å². The van der Waals surface area contributed by atoms with Crippen LogP contribution in [-0.4, -0.2) is 20.4 Å². The molecule has 0 fully saturated rings. The van der Waals surface area contributed by atoms with E-state index in [1.54, 1.807) is 6.92 Å². The minimum atomic E-state index is -4.82. The third kappa shape index (κ3) is 3.45. The molecule has 1 amide bonds. The standard InChI is InChI=1S/C16H13F3N2O4S/c1-9-15(22)20-12-8-10(6-7-13(12)25-9)21-26(23,24)14-5-3-2-4-11(14)16(17,18)19/h2-9,21H,1H3,(H,20,22). The van der Waals surface area contributed by atoms with Gasteiger partial charge in [-0.05, 0) is 37.3 Å². The van der Waals surface area contributed by atoms with Crippen LogP contribution in [0.2, 0.25) is 0 Å². The van der Waals surface area contributed by atoms with Gasteiger partial charge in [0, 0.05) is 0 Å². The van der Waals surface area contributed by atoms with E-state index in [0.29, 0.717) is 11.8 Å². The number of amides is 1. The Labute approximate surface area is 147 Å². The minimum Gasteiger partial charge on any atom is -0.479 e. The highest BCUT2D eigenvalue weighted by Gasteiger charge is 2.37. The van der Waals surface area contributed by atoms with Gasteiger partial charge in [-0.2, -0.15) is 13.2 Å². The van der Waals surface area contributed by atoms with Gasteiger partial charge in [0.05, 0.1) is 21.8 Å². The predicted molar refractivity (Wildman–Crippen MR) is 87.4 cm³/mol. The second-order valence-electron chi connectivity index (χ2n) is 5.56. The molecule has 0 radical (unpaired) electrons. The lowest BCUT2D eigenvalue weighted by molar-refractivity contribution is -0.139. The first-order chi connectivity index (χ1) is 12.1. The van der Waals surface area contributed by atoms with E-state index in [1.165, 1.54) is 24.3 Å². The number of fused-ring (bicyclic) bond motifs is 1. The first-order valence-electron chi connectivity index (χ1n) is 7.38. The lowest BCUT2D eigenvalue weighted by Gasteiger charge is -2.24. The molecular weight excluding hydrogens is 373 g/mol. The molecule has 1 aliphatic rings. The maximum Gasteiger partial charge on any atom is 0.417 e. The number of carbonyl (C=O) groups excluding carboxylic acids is 1. The average Bonchev–Trinajstić information content (AvgIpc) is 2.55. The van der Waals surface area contributed by atoms with Crippen molar-refractivity contribution >= 4 is 27.3 Å². The molecule has 10 heteroatoms. The van der Waals surface area contributed by atoms with Crippen LogP contribution in [0.3, 0.4) is 0 Å². The molecule has 0 saturated carbocycles. The van der Waals surface area contributed by atoms with Gasteiger partial charge in [0.1, 0.15) is 5.75 Å². The highest BCUT2D eigenvalue weighted by Crippen LogP contribution is 2.36.